The maximum Gasteiger partial charge on any atom is 0.573 e. The minimum atomic E-state index is -4.84. The zero-order chi connectivity index (χ0) is 20.3. The minimum Gasteiger partial charge on any atom is -0.405 e. The van der Waals surface area contributed by atoms with Crippen molar-refractivity contribution in [3.63, 3.8) is 0 Å². The van der Waals surface area contributed by atoms with E-state index in [4.69, 9.17) is 0 Å². The van der Waals surface area contributed by atoms with Gasteiger partial charge < -0.3 is 10.1 Å². The molecule has 0 atom stereocenters. The van der Waals surface area contributed by atoms with Crippen LogP contribution < -0.4 is 10.1 Å². The predicted molar refractivity (Wildman–Crippen MR) is 98.4 cm³/mol. The van der Waals surface area contributed by atoms with Crippen LogP contribution in [0, 0.1) is 5.82 Å². The number of ether oxygens (including phenoxy) is 1. The van der Waals surface area contributed by atoms with E-state index < -0.39 is 23.8 Å². The molecule has 1 heterocycles. The average molecular weight is 455 g/mol. The first-order chi connectivity index (χ1) is 13.2. The Kier molecular flexibility index (Phi) is 5.64. The fourth-order valence-electron chi connectivity index (χ4n) is 2.35. The Hall–Kier alpha value is -2.94. The van der Waals surface area contributed by atoms with E-state index in [1.165, 1.54) is 24.4 Å². The fraction of sp³-hybridized carbons (Fsp3) is 0.0526. The molecular formula is C19H11BrF4N2O2. The quantitative estimate of drug-likeness (QED) is 0.506. The Bertz CT molecular complexity index is 1010. The Labute approximate surface area is 165 Å². The normalized spacial score (nSPS) is 11.2. The summed E-state index contributed by atoms with van der Waals surface area (Å²) < 4.78 is 54.5. The fourth-order valence-corrected chi connectivity index (χ4v) is 2.81. The minimum absolute atomic E-state index is 0.0227. The van der Waals surface area contributed by atoms with Gasteiger partial charge in [-0.05, 0) is 58.4 Å². The Morgan fingerprint density at radius 1 is 1.07 bits per heavy atom. The highest BCUT2D eigenvalue weighted by Gasteiger charge is 2.32. The van der Waals surface area contributed by atoms with Crippen LogP contribution in [0.2, 0.25) is 0 Å². The monoisotopic (exact) mass is 454 g/mol. The molecule has 3 aromatic rings. The van der Waals surface area contributed by atoms with Crippen LogP contribution in [-0.2, 0) is 0 Å². The highest BCUT2D eigenvalue weighted by Crippen LogP contribution is 2.31. The number of pyridine rings is 1. The van der Waals surface area contributed by atoms with Crippen LogP contribution in [0.25, 0.3) is 11.3 Å². The van der Waals surface area contributed by atoms with Crippen molar-refractivity contribution in [1.29, 1.82) is 0 Å². The number of anilines is 1. The molecule has 4 nitrogen and oxygen atoms in total. The highest BCUT2D eigenvalue weighted by atomic mass is 79.9. The molecule has 0 fully saturated rings. The van der Waals surface area contributed by atoms with E-state index in [9.17, 15) is 22.4 Å². The second-order valence-corrected chi connectivity index (χ2v) is 6.41. The standard InChI is InChI=1S/C19H11BrF4N2O2/c20-14-9-11(5-8-17(14)28-19(22,23)24)18(27)26-12-6-7-16(25-10-12)13-3-1-2-4-15(13)21/h1-10H,(H,26,27). The van der Waals surface area contributed by atoms with Crippen molar-refractivity contribution in [2.24, 2.45) is 0 Å². The maximum absolute atomic E-state index is 13.8. The number of benzene rings is 2. The van der Waals surface area contributed by atoms with Gasteiger partial charge >= 0.3 is 6.36 Å². The molecule has 1 N–H and O–H groups in total. The van der Waals surface area contributed by atoms with E-state index in [1.807, 2.05) is 0 Å². The summed E-state index contributed by atoms with van der Waals surface area (Å²) in [7, 11) is 0. The van der Waals surface area contributed by atoms with Crippen molar-refractivity contribution < 1.29 is 27.1 Å². The lowest BCUT2D eigenvalue weighted by Gasteiger charge is -2.12. The molecule has 9 heteroatoms. The molecule has 0 aliphatic rings. The summed E-state index contributed by atoms with van der Waals surface area (Å²) in [6.07, 6.45) is -3.48. The van der Waals surface area contributed by atoms with Gasteiger partial charge in [0, 0.05) is 11.1 Å². The van der Waals surface area contributed by atoms with Crippen molar-refractivity contribution in [1.82, 2.24) is 4.98 Å². The number of halogens is 5. The van der Waals surface area contributed by atoms with Crippen LogP contribution in [-0.4, -0.2) is 17.3 Å². The highest BCUT2D eigenvalue weighted by molar-refractivity contribution is 9.10. The number of aromatic nitrogens is 1. The van der Waals surface area contributed by atoms with Crippen molar-refractivity contribution >= 4 is 27.5 Å². The number of alkyl halides is 3. The first-order valence-electron chi connectivity index (χ1n) is 7.80. The molecule has 0 saturated heterocycles. The zero-order valence-electron chi connectivity index (χ0n) is 13.9. The van der Waals surface area contributed by atoms with Gasteiger partial charge in [-0.3, -0.25) is 9.78 Å². The summed E-state index contributed by atoms with van der Waals surface area (Å²) in [5, 5.41) is 2.57. The van der Waals surface area contributed by atoms with Crippen LogP contribution in [0.5, 0.6) is 5.75 Å². The molecule has 0 saturated carbocycles. The van der Waals surface area contributed by atoms with Crippen molar-refractivity contribution in [3.8, 4) is 17.0 Å². The zero-order valence-corrected chi connectivity index (χ0v) is 15.5. The first kappa shape index (κ1) is 19.8. The summed E-state index contributed by atoms with van der Waals surface area (Å²) in [4.78, 5) is 16.4. The number of amides is 1. The van der Waals surface area contributed by atoms with Gasteiger partial charge in [0.15, 0.2) is 0 Å². The van der Waals surface area contributed by atoms with Gasteiger partial charge in [-0.1, -0.05) is 12.1 Å². The lowest BCUT2D eigenvalue weighted by Crippen LogP contribution is -2.18. The van der Waals surface area contributed by atoms with Gasteiger partial charge in [0.1, 0.15) is 11.6 Å². The lowest BCUT2D eigenvalue weighted by molar-refractivity contribution is -0.274. The predicted octanol–water partition coefficient (Wildman–Crippen LogP) is 5.80. The van der Waals surface area contributed by atoms with Crippen molar-refractivity contribution in [3.05, 3.63) is 76.6 Å². The topological polar surface area (TPSA) is 51.2 Å². The van der Waals surface area contributed by atoms with Gasteiger partial charge in [0.25, 0.3) is 5.91 Å². The van der Waals surface area contributed by atoms with E-state index in [0.717, 1.165) is 6.07 Å². The van der Waals surface area contributed by atoms with Crippen molar-refractivity contribution in [2.75, 3.05) is 5.32 Å². The van der Waals surface area contributed by atoms with Gasteiger partial charge in [0.05, 0.1) is 22.1 Å². The van der Waals surface area contributed by atoms with E-state index in [-0.39, 0.29) is 10.0 Å². The second kappa shape index (κ2) is 7.97. The van der Waals surface area contributed by atoms with Crippen LogP contribution in [0.1, 0.15) is 10.4 Å². The molecule has 0 unspecified atom stereocenters. The average Bonchev–Trinajstić information content (AvgIpc) is 2.63. The Morgan fingerprint density at radius 3 is 2.43 bits per heavy atom. The van der Waals surface area contributed by atoms with E-state index in [0.29, 0.717) is 16.9 Å². The Morgan fingerprint density at radius 2 is 1.82 bits per heavy atom. The van der Waals surface area contributed by atoms with Crippen LogP contribution in [0.4, 0.5) is 23.2 Å². The molecule has 0 bridgehead atoms. The summed E-state index contributed by atoms with van der Waals surface area (Å²) in [6, 6.07) is 12.7. The summed E-state index contributed by atoms with van der Waals surface area (Å²) in [5.41, 5.74) is 1.17. The number of hydrogen-bond acceptors (Lipinski definition) is 3. The number of carbonyl (C=O) groups excluding carboxylic acids is 1. The summed E-state index contributed by atoms with van der Waals surface area (Å²) >= 11 is 2.94. The first-order valence-corrected chi connectivity index (χ1v) is 8.60. The molecule has 144 valence electrons. The third-order valence-electron chi connectivity index (χ3n) is 3.59. The van der Waals surface area contributed by atoms with E-state index in [1.54, 1.807) is 30.3 Å². The lowest BCUT2D eigenvalue weighted by atomic mass is 10.1. The molecule has 2 aromatic carbocycles. The van der Waals surface area contributed by atoms with Gasteiger partial charge in [-0.15, -0.1) is 13.2 Å². The van der Waals surface area contributed by atoms with Gasteiger partial charge in [0.2, 0.25) is 0 Å². The molecule has 0 spiro atoms. The molecule has 0 radical (unpaired) electrons. The van der Waals surface area contributed by atoms with E-state index >= 15 is 0 Å². The molecule has 0 aliphatic heterocycles. The number of nitrogens with zero attached hydrogens (tertiary/aromatic N) is 1. The molecule has 0 aliphatic carbocycles. The third kappa shape index (κ3) is 4.86. The molecule has 1 amide bonds. The SMILES string of the molecule is O=C(Nc1ccc(-c2ccccc2F)nc1)c1ccc(OC(F)(F)F)c(Br)c1. The molecule has 3 rings (SSSR count). The summed E-state index contributed by atoms with van der Waals surface area (Å²) in [5.74, 6) is -1.43. The number of hydrogen-bond donors (Lipinski definition) is 1. The Balaban J connectivity index is 1.73. The van der Waals surface area contributed by atoms with Gasteiger partial charge in [-0.2, -0.15) is 0 Å². The third-order valence-corrected chi connectivity index (χ3v) is 4.21. The van der Waals surface area contributed by atoms with E-state index in [2.05, 4.69) is 31.0 Å². The number of rotatable bonds is 4. The van der Waals surface area contributed by atoms with Gasteiger partial charge in [-0.25, -0.2) is 4.39 Å². The van der Waals surface area contributed by atoms with Crippen molar-refractivity contribution in [2.45, 2.75) is 6.36 Å². The van der Waals surface area contributed by atoms with Crippen LogP contribution in [0.3, 0.4) is 0 Å². The maximum atomic E-state index is 13.8. The summed E-state index contributed by atoms with van der Waals surface area (Å²) in [6.45, 7) is 0. The number of nitrogens with one attached hydrogen (secondary N) is 1. The second-order valence-electron chi connectivity index (χ2n) is 5.56. The molecular weight excluding hydrogens is 444 g/mol. The largest absolute Gasteiger partial charge is 0.573 e. The van der Waals surface area contributed by atoms with Crippen LogP contribution in [0.15, 0.2) is 65.3 Å². The van der Waals surface area contributed by atoms with Crippen LogP contribution >= 0.6 is 15.9 Å². The molecule has 28 heavy (non-hydrogen) atoms. The number of carbonyl (C=O) groups is 1. The smallest absolute Gasteiger partial charge is 0.405 e. The molecule has 1 aromatic heterocycles.